The number of likely N-dealkylation sites (tertiary alicyclic amines) is 1. The molecule has 3 rings (SSSR count). The fourth-order valence-corrected chi connectivity index (χ4v) is 4.57. The van der Waals surface area contributed by atoms with Crippen molar-refractivity contribution < 1.29 is 0 Å². The second-order valence-electron chi connectivity index (χ2n) is 6.47. The number of hydrogen-bond donors (Lipinski definition) is 1. The summed E-state index contributed by atoms with van der Waals surface area (Å²) in [6.45, 7) is 7.06. The summed E-state index contributed by atoms with van der Waals surface area (Å²) in [4.78, 5) is 2.62. The van der Waals surface area contributed by atoms with Crippen LogP contribution < -0.4 is 5.73 Å². The number of nitrogens with zero attached hydrogens (tertiary/aromatic N) is 1. The maximum atomic E-state index is 6.69. The van der Waals surface area contributed by atoms with E-state index in [2.05, 4.69) is 48.4 Å². The van der Waals surface area contributed by atoms with Crippen LogP contribution in [-0.2, 0) is 6.42 Å². The summed E-state index contributed by atoms with van der Waals surface area (Å²) in [5.74, 6) is 0. The molecule has 114 valence electrons. The predicted octanol–water partition coefficient (Wildman–Crippen LogP) is 4.04. The highest BCUT2D eigenvalue weighted by molar-refractivity contribution is 7.17. The Morgan fingerprint density at radius 1 is 1.29 bits per heavy atom. The average Bonchev–Trinajstić information content (AvgIpc) is 3.17. The van der Waals surface area contributed by atoms with Gasteiger partial charge in [0.15, 0.2) is 0 Å². The molecule has 3 heteroatoms. The molecule has 0 bridgehead atoms. The van der Waals surface area contributed by atoms with Crippen LogP contribution in [0.5, 0.6) is 0 Å². The van der Waals surface area contributed by atoms with Crippen LogP contribution in [0.1, 0.15) is 38.7 Å². The Hall–Kier alpha value is -0.900. The largest absolute Gasteiger partial charge is 0.326 e. The van der Waals surface area contributed by atoms with Crippen LogP contribution in [0.15, 0.2) is 29.6 Å². The first-order valence-corrected chi connectivity index (χ1v) is 8.99. The van der Waals surface area contributed by atoms with Crippen molar-refractivity contribution in [2.24, 2.45) is 5.73 Å². The van der Waals surface area contributed by atoms with Crippen LogP contribution >= 0.6 is 11.3 Å². The van der Waals surface area contributed by atoms with Crippen LogP contribution in [0.4, 0.5) is 0 Å². The Morgan fingerprint density at radius 3 is 2.71 bits per heavy atom. The van der Waals surface area contributed by atoms with Gasteiger partial charge < -0.3 is 5.73 Å². The molecule has 21 heavy (non-hydrogen) atoms. The minimum Gasteiger partial charge on any atom is -0.326 e. The molecule has 1 saturated heterocycles. The third-order valence-electron chi connectivity index (χ3n) is 5.34. The Balaban J connectivity index is 1.82. The lowest BCUT2D eigenvalue weighted by atomic mass is 9.84. The number of hydrogen-bond acceptors (Lipinski definition) is 3. The van der Waals surface area contributed by atoms with Crippen molar-refractivity contribution in [3.63, 3.8) is 0 Å². The molecule has 2 aromatic rings. The predicted molar refractivity (Wildman–Crippen MR) is 93.0 cm³/mol. The molecule has 0 saturated carbocycles. The van der Waals surface area contributed by atoms with E-state index in [1.165, 1.54) is 41.6 Å². The van der Waals surface area contributed by atoms with E-state index in [1.807, 2.05) is 11.3 Å². The van der Waals surface area contributed by atoms with Crippen molar-refractivity contribution in [2.75, 3.05) is 13.1 Å². The number of fused-ring (bicyclic) bond motifs is 1. The maximum absolute atomic E-state index is 6.69. The van der Waals surface area contributed by atoms with E-state index in [4.69, 9.17) is 5.73 Å². The van der Waals surface area contributed by atoms with E-state index < -0.39 is 0 Å². The molecule has 0 aliphatic carbocycles. The van der Waals surface area contributed by atoms with Gasteiger partial charge >= 0.3 is 0 Å². The molecule has 2 nitrogen and oxygen atoms in total. The molecular weight excluding hydrogens is 276 g/mol. The highest BCUT2D eigenvalue weighted by Gasteiger charge is 2.37. The van der Waals surface area contributed by atoms with Crippen molar-refractivity contribution in [3.8, 4) is 0 Å². The van der Waals surface area contributed by atoms with Gasteiger partial charge in [-0.15, -0.1) is 11.3 Å². The molecular formula is C18H26N2S. The Kier molecular flexibility index (Phi) is 4.34. The molecule has 1 aliphatic heterocycles. The van der Waals surface area contributed by atoms with Gasteiger partial charge in [-0.3, -0.25) is 4.90 Å². The van der Waals surface area contributed by atoms with Gasteiger partial charge in [0.25, 0.3) is 0 Å². The smallest absolute Gasteiger partial charge is 0.0345 e. The lowest BCUT2D eigenvalue weighted by Gasteiger charge is -2.43. The second-order valence-corrected chi connectivity index (χ2v) is 7.38. The van der Waals surface area contributed by atoms with E-state index in [0.29, 0.717) is 0 Å². The minimum atomic E-state index is 0.125. The van der Waals surface area contributed by atoms with E-state index in [9.17, 15) is 0 Å². The van der Waals surface area contributed by atoms with Gasteiger partial charge in [0, 0.05) is 16.3 Å². The summed E-state index contributed by atoms with van der Waals surface area (Å²) >= 11 is 1.84. The van der Waals surface area contributed by atoms with Crippen molar-refractivity contribution in [2.45, 2.75) is 51.1 Å². The molecule has 0 spiro atoms. The number of nitrogens with two attached hydrogens (primary N) is 1. The SMILES string of the molecule is CCC(C)(C(N)Cc1csc2ccccc12)N1CCCC1. The summed E-state index contributed by atoms with van der Waals surface area (Å²) in [6.07, 6.45) is 4.74. The van der Waals surface area contributed by atoms with Gasteiger partial charge in [-0.1, -0.05) is 25.1 Å². The quantitative estimate of drug-likeness (QED) is 0.903. The van der Waals surface area contributed by atoms with Gasteiger partial charge in [-0.25, -0.2) is 0 Å². The van der Waals surface area contributed by atoms with E-state index >= 15 is 0 Å². The summed E-state index contributed by atoms with van der Waals surface area (Å²) in [5, 5.41) is 3.68. The van der Waals surface area contributed by atoms with Gasteiger partial charge in [0.05, 0.1) is 0 Å². The molecule has 1 aliphatic rings. The second kappa shape index (κ2) is 6.07. The van der Waals surface area contributed by atoms with E-state index in [1.54, 1.807) is 0 Å². The van der Waals surface area contributed by atoms with E-state index in [0.717, 1.165) is 12.8 Å². The first-order chi connectivity index (χ1) is 10.1. The van der Waals surface area contributed by atoms with Gasteiger partial charge in [-0.2, -0.15) is 0 Å². The van der Waals surface area contributed by atoms with Gasteiger partial charge in [0.1, 0.15) is 0 Å². The zero-order valence-corrected chi connectivity index (χ0v) is 14.0. The first kappa shape index (κ1) is 15.0. The van der Waals surface area contributed by atoms with Crippen molar-refractivity contribution in [3.05, 3.63) is 35.2 Å². The third kappa shape index (κ3) is 2.75. The fraction of sp³-hybridized carbons (Fsp3) is 0.556. The molecule has 1 aromatic heterocycles. The normalized spacial score (nSPS) is 20.7. The lowest BCUT2D eigenvalue weighted by Crippen LogP contribution is -2.57. The highest BCUT2D eigenvalue weighted by Crippen LogP contribution is 2.32. The molecule has 1 aromatic carbocycles. The zero-order chi connectivity index (χ0) is 14.9. The molecule has 2 heterocycles. The van der Waals surface area contributed by atoms with Crippen molar-refractivity contribution >= 4 is 21.4 Å². The maximum Gasteiger partial charge on any atom is 0.0345 e. The molecule has 2 N–H and O–H groups in total. The Morgan fingerprint density at radius 2 is 2.00 bits per heavy atom. The molecule has 1 fully saturated rings. The Bertz CT molecular complexity index is 600. The standard InChI is InChI=1S/C18H26N2S/c1-3-18(2,20-10-6-7-11-20)17(19)12-14-13-21-16-9-5-4-8-15(14)16/h4-5,8-9,13,17H,3,6-7,10-12,19H2,1-2H3. The summed E-state index contributed by atoms with van der Waals surface area (Å²) in [7, 11) is 0. The minimum absolute atomic E-state index is 0.125. The summed E-state index contributed by atoms with van der Waals surface area (Å²) in [5.41, 5.74) is 8.23. The fourth-order valence-electron chi connectivity index (χ4n) is 3.60. The van der Waals surface area contributed by atoms with Crippen LogP contribution in [0.2, 0.25) is 0 Å². The number of rotatable bonds is 5. The third-order valence-corrected chi connectivity index (χ3v) is 6.36. The summed E-state index contributed by atoms with van der Waals surface area (Å²) < 4.78 is 1.37. The molecule has 2 atom stereocenters. The van der Waals surface area contributed by atoms with Gasteiger partial charge in [-0.05, 0) is 68.1 Å². The topological polar surface area (TPSA) is 29.3 Å². The first-order valence-electron chi connectivity index (χ1n) is 8.11. The van der Waals surface area contributed by atoms with Crippen LogP contribution in [-0.4, -0.2) is 29.6 Å². The molecule has 0 radical (unpaired) electrons. The number of benzene rings is 1. The van der Waals surface area contributed by atoms with Crippen molar-refractivity contribution in [1.82, 2.24) is 4.90 Å². The van der Waals surface area contributed by atoms with Crippen LogP contribution in [0.25, 0.3) is 10.1 Å². The lowest BCUT2D eigenvalue weighted by molar-refractivity contribution is 0.100. The van der Waals surface area contributed by atoms with Crippen LogP contribution in [0.3, 0.4) is 0 Å². The van der Waals surface area contributed by atoms with E-state index in [-0.39, 0.29) is 11.6 Å². The Labute approximate surface area is 131 Å². The zero-order valence-electron chi connectivity index (χ0n) is 13.1. The monoisotopic (exact) mass is 302 g/mol. The molecule has 2 unspecified atom stereocenters. The highest BCUT2D eigenvalue weighted by atomic mass is 32.1. The molecule has 0 amide bonds. The van der Waals surface area contributed by atoms with Crippen LogP contribution in [0, 0.1) is 0 Å². The van der Waals surface area contributed by atoms with Gasteiger partial charge in [0.2, 0.25) is 0 Å². The summed E-state index contributed by atoms with van der Waals surface area (Å²) in [6, 6.07) is 8.87. The number of thiophene rings is 1. The average molecular weight is 302 g/mol. The van der Waals surface area contributed by atoms with Crippen molar-refractivity contribution in [1.29, 1.82) is 0 Å².